The van der Waals surface area contributed by atoms with Gasteiger partial charge in [0.1, 0.15) is 6.61 Å². The Kier molecular flexibility index (Phi) is 4.36. The zero-order valence-corrected chi connectivity index (χ0v) is 16.5. The van der Waals surface area contributed by atoms with Crippen LogP contribution in [-0.4, -0.2) is 25.3 Å². The van der Waals surface area contributed by atoms with Crippen molar-refractivity contribution < 1.29 is 14.3 Å². The van der Waals surface area contributed by atoms with Gasteiger partial charge in [-0.2, -0.15) is 0 Å². The van der Waals surface area contributed by atoms with Crippen molar-refractivity contribution >= 4 is 5.78 Å². The molecule has 0 aromatic heterocycles. The monoisotopic (exact) mass is 356 g/mol. The lowest BCUT2D eigenvalue weighted by atomic mass is 9.47. The topological polar surface area (TPSA) is 35.5 Å². The standard InChI is InChI=1S/C23H32O3/c1-5-14-26-23(25-4)13-10-20-18-7-6-16-15-17(24)8-11-21(16,2)19(18)9-12-22(20,23)3/h1,15,18-20H,6-14H2,2-4H3/t18?,19-,20-,21+,22+,23+/m1/s1. The largest absolute Gasteiger partial charge is 0.353 e. The second-order valence-electron chi connectivity index (χ2n) is 9.41. The molecule has 0 heterocycles. The average molecular weight is 357 g/mol. The molecule has 6 atom stereocenters. The Labute approximate surface area is 157 Å². The quantitative estimate of drug-likeness (QED) is 0.551. The molecule has 0 N–H and O–H groups in total. The van der Waals surface area contributed by atoms with Crippen LogP contribution >= 0.6 is 0 Å². The summed E-state index contributed by atoms with van der Waals surface area (Å²) in [7, 11) is 1.78. The van der Waals surface area contributed by atoms with Crippen LogP contribution in [0, 0.1) is 40.9 Å². The summed E-state index contributed by atoms with van der Waals surface area (Å²) in [5, 5.41) is 0. The minimum Gasteiger partial charge on any atom is -0.353 e. The summed E-state index contributed by atoms with van der Waals surface area (Å²) in [6.45, 7) is 5.12. The first-order chi connectivity index (χ1) is 12.4. The van der Waals surface area contributed by atoms with Crippen molar-refractivity contribution in [3.63, 3.8) is 0 Å². The number of ether oxygens (including phenoxy) is 2. The van der Waals surface area contributed by atoms with E-state index in [0.29, 0.717) is 30.1 Å². The zero-order valence-electron chi connectivity index (χ0n) is 16.5. The van der Waals surface area contributed by atoms with Gasteiger partial charge in [0.15, 0.2) is 11.6 Å². The van der Waals surface area contributed by atoms with Crippen LogP contribution in [0.3, 0.4) is 0 Å². The Balaban J connectivity index is 1.65. The van der Waals surface area contributed by atoms with Crippen LogP contribution in [0.2, 0.25) is 0 Å². The third-order valence-electron chi connectivity index (χ3n) is 8.72. The molecule has 0 aromatic carbocycles. The molecule has 3 saturated carbocycles. The first kappa shape index (κ1) is 18.3. The van der Waals surface area contributed by atoms with Crippen molar-refractivity contribution in [2.45, 2.75) is 71.0 Å². The van der Waals surface area contributed by atoms with Crippen LogP contribution in [0.4, 0.5) is 0 Å². The van der Waals surface area contributed by atoms with Crippen molar-refractivity contribution in [3.8, 4) is 12.3 Å². The van der Waals surface area contributed by atoms with Crippen molar-refractivity contribution in [2.75, 3.05) is 13.7 Å². The molecule has 0 saturated heterocycles. The summed E-state index contributed by atoms with van der Waals surface area (Å²) in [5.41, 5.74) is 1.68. The van der Waals surface area contributed by atoms with Gasteiger partial charge < -0.3 is 9.47 Å². The number of hydrogen-bond donors (Lipinski definition) is 0. The first-order valence-electron chi connectivity index (χ1n) is 10.3. The Bertz CT molecular complexity index is 673. The van der Waals surface area contributed by atoms with E-state index in [1.807, 2.05) is 6.08 Å². The molecule has 0 aromatic rings. The normalized spacial score (nSPS) is 47.4. The summed E-state index contributed by atoms with van der Waals surface area (Å²) in [4.78, 5) is 12.0. The third kappa shape index (κ3) is 2.31. The van der Waals surface area contributed by atoms with Gasteiger partial charge in [-0.3, -0.25) is 4.79 Å². The number of allylic oxidation sites excluding steroid dienone is 1. The van der Waals surface area contributed by atoms with E-state index in [2.05, 4.69) is 19.8 Å². The Morgan fingerprint density at radius 1 is 1.15 bits per heavy atom. The average Bonchev–Trinajstić information content (AvgIpc) is 2.93. The van der Waals surface area contributed by atoms with Gasteiger partial charge in [-0.15, -0.1) is 6.42 Å². The van der Waals surface area contributed by atoms with Crippen LogP contribution in [0.5, 0.6) is 0 Å². The number of hydrogen-bond acceptors (Lipinski definition) is 3. The Morgan fingerprint density at radius 3 is 2.65 bits per heavy atom. The van der Waals surface area contributed by atoms with E-state index in [1.54, 1.807) is 7.11 Å². The van der Waals surface area contributed by atoms with Crippen molar-refractivity contribution in [3.05, 3.63) is 11.6 Å². The summed E-state index contributed by atoms with van der Waals surface area (Å²) >= 11 is 0. The minimum absolute atomic E-state index is 0.0296. The van der Waals surface area contributed by atoms with E-state index in [0.717, 1.165) is 38.5 Å². The van der Waals surface area contributed by atoms with E-state index in [9.17, 15) is 4.79 Å². The molecule has 3 nitrogen and oxygen atoms in total. The number of ketones is 1. The van der Waals surface area contributed by atoms with Crippen LogP contribution in [-0.2, 0) is 14.3 Å². The second-order valence-corrected chi connectivity index (χ2v) is 9.41. The highest BCUT2D eigenvalue weighted by molar-refractivity contribution is 5.91. The third-order valence-corrected chi connectivity index (χ3v) is 8.72. The fourth-order valence-corrected chi connectivity index (χ4v) is 7.31. The maximum Gasteiger partial charge on any atom is 0.174 e. The molecular weight excluding hydrogens is 324 g/mol. The molecule has 142 valence electrons. The molecule has 1 unspecified atom stereocenters. The fraction of sp³-hybridized carbons (Fsp3) is 0.783. The fourth-order valence-electron chi connectivity index (χ4n) is 7.31. The predicted molar refractivity (Wildman–Crippen MR) is 101 cm³/mol. The lowest BCUT2D eigenvalue weighted by molar-refractivity contribution is -0.284. The summed E-state index contributed by atoms with van der Waals surface area (Å²) < 4.78 is 12.2. The number of rotatable bonds is 3. The number of terminal acetylenes is 1. The molecule has 0 radical (unpaired) electrons. The summed E-state index contributed by atoms with van der Waals surface area (Å²) in [5.74, 6) is 4.44. The van der Waals surface area contributed by atoms with Gasteiger partial charge in [0.2, 0.25) is 0 Å². The van der Waals surface area contributed by atoms with Crippen LogP contribution in [0.1, 0.15) is 65.2 Å². The van der Waals surface area contributed by atoms with E-state index >= 15 is 0 Å². The van der Waals surface area contributed by atoms with Crippen molar-refractivity contribution in [2.24, 2.45) is 28.6 Å². The van der Waals surface area contributed by atoms with Gasteiger partial charge >= 0.3 is 0 Å². The van der Waals surface area contributed by atoms with E-state index < -0.39 is 5.79 Å². The van der Waals surface area contributed by atoms with Gasteiger partial charge in [-0.25, -0.2) is 0 Å². The van der Waals surface area contributed by atoms with E-state index in [1.165, 1.54) is 18.4 Å². The maximum atomic E-state index is 12.0. The molecule has 4 aliphatic carbocycles. The van der Waals surface area contributed by atoms with Crippen LogP contribution in [0.15, 0.2) is 11.6 Å². The summed E-state index contributed by atoms with van der Waals surface area (Å²) in [6, 6.07) is 0. The van der Waals surface area contributed by atoms with Gasteiger partial charge in [0.25, 0.3) is 0 Å². The molecule has 0 bridgehead atoms. The minimum atomic E-state index is -0.533. The highest BCUT2D eigenvalue weighted by Gasteiger charge is 2.65. The molecule has 4 aliphatic rings. The highest BCUT2D eigenvalue weighted by Crippen LogP contribution is 2.68. The Morgan fingerprint density at radius 2 is 1.92 bits per heavy atom. The van der Waals surface area contributed by atoms with E-state index in [-0.39, 0.29) is 10.8 Å². The van der Waals surface area contributed by atoms with Crippen molar-refractivity contribution in [1.29, 1.82) is 0 Å². The van der Waals surface area contributed by atoms with Crippen molar-refractivity contribution in [1.82, 2.24) is 0 Å². The van der Waals surface area contributed by atoms with Crippen LogP contribution < -0.4 is 0 Å². The lowest BCUT2D eigenvalue weighted by Crippen LogP contribution is -2.56. The molecule has 26 heavy (non-hydrogen) atoms. The number of fused-ring (bicyclic) bond motifs is 5. The van der Waals surface area contributed by atoms with E-state index in [4.69, 9.17) is 15.9 Å². The maximum absolute atomic E-state index is 12.0. The second kappa shape index (κ2) is 6.21. The highest BCUT2D eigenvalue weighted by atomic mass is 16.7. The number of carbonyl (C=O) groups is 1. The molecule has 0 amide bonds. The SMILES string of the molecule is C#CCO[C@@]1(OC)CC[C@@H]2C3CCC4=CC(=O)CC[C@]4(C)[C@@H]3CC[C@@]21C. The number of methoxy groups -OCH3 is 1. The predicted octanol–water partition coefficient (Wildman–Crippen LogP) is 4.51. The molecule has 0 spiro atoms. The van der Waals surface area contributed by atoms with Gasteiger partial charge in [0.05, 0.1) is 0 Å². The molecule has 0 aliphatic heterocycles. The summed E-state index contributed by atoms with van der Waals surface area (Å²) in [6.07, 6.45) is 15.9. The molecular formula is C23H32O3. The molecule has 3 fully saturated rings. The Hall–Kier alpha value is -1.11. The molecule has 4 rings (SSSR count). The number of carbonyl (C=O) groups excluding carboxylic acids is 1. The zero-order chi connectivity index (χ0) is 18.6. The van der Waals surface area contributed by atoms with Gasteiger partial charge in [0, 0.05) is 25.4 Å². The van der Waals surface area contributed by atoms with Gasteiger partial charge in [-0.1, -0.05) is 25.3 Å². The molecule has 3 heteroatoms. The first-order valence-corrected chi connectivity index (χ1v) is 10.3. The smallest absolute Gasteiger partial charge is 0.174 e. The lowest BCUT2D eigenvalue weighted by Gasteiger charge is -2.59. The van der Waals surface area contributed by atoms with Crippen LogP contribution in [0.25, 0.3) is 0 Å². The van der Waals surface area contributed by atoms with Gasteiger partial charge in [-0.05, 0) is 67.8 Å².